The molecule has 0 atom stereocenters. The summed E-state index contributed by atoms with van der Waals surface area (Å²) in [6.45, 7) is 9.05. The summed E-state index contributed by atoms with van der Waals surface area (Å²) in [6.07, 6.45) is 9.35. The average Bonchev–Trinajstić information content (AvgIpc) is 2.87. The van der Waals surface area contributed by atoms with Gasteiger partial charge in [-0.1, -0.05) is 32.8 Å². The first kappa shape index (κ1) is 16.4. The molecular weight excluding hydrogens is 258 g/mol. The van der Waals surface area contributed by atoms with Crippen LogP contribution in [0.25, 0.3) is 0 Å². The second-order valence-electron chi connectivity index (χ2n) is 7.27. The fraction of sp³-hybridized carbons (Fsp3) is 0.722. The van der Waals surface area contributed by atoms with Crippen molar-refractivity contribution in [3.8, 4) is 0 Å². The predicted octanol–water partition coefficient (Wildman–Crippen LogP) is 3.32. The number of hydrogen-bond donors (Lipinski definition) is 1. The third-order valence-corrected chi connectivity index (χ3v) is 4.50. The molecule has 1 N–H and O–H groups in total. The normalized spacial score (nSPS) is 17.8. The molecule has 1 saturated carbocycles. The van der Waals surface area contributed by atoms with Gasteiger partial charge in [0, 0.05) is 32.0 Å². The third-order valence-electron chi connectivity index (χ3n) is 4.50. The maximum atomic E-state index is 4.22. The maximum Gasteiger partial charge on any atom is 0.0312 e. The molecule has 1 aliphatic carbocycles. The van der Waals surface area contributed by atoms with E-state index < -0.39 is 0 Å². The minimum Gasteiger partial charge on any atom is -0.316 e. The first-order chi connectivity index (χ1) is 10.1. The minimum atomic E-state index is 0.478. The summed E-state index contributed by atoms with van der Waals surface area (Å²) in [5, 5.41) is 3.70. The molecule has 2 rings (SSSR count). The molecule has 1 heterocycles. The maximum absolute atomic E-state index is 4.22. The van der Waals surface area contributed by atoms with Gasteiger partial charge in [-0.25, -0.2) is 0 Å². The van der Waals surface area contributed by atoms with E-state index in [1.54, 1.807) is 0 Å². The molecule has 0 saturated heterocycles. The lowest BCUT2D eigenvalue weighted by Gasteiger charge is -2.34. The van der Waals surface area contributed by atoms with E-state index in [4.69, 9.17) is 0 Å². The van der Waals surface area contributed by atoms with Gasteiger partial charge in [0.05, 0.1) is 0 Å². The van der Waals surface area contributed by atoms with Crippen molar-refractivity contribution in [2.45, 2.75) is 46.1 Å². The van der Waals surface area contributed by atoms with Crippen molar-refractivity contribution in [3.63, 3.8) is 0 Å². The Hall–Kier alpha value is -0.930. The van der Waals surface area contributed by atoms with Gasteiger partial charge in [0.15, 0.2) is 0 Å². The predicted molar refractivity (Wildman–Crippen MR) is 89.2 cm³/mol. The summed E-state index contributed by atoms with van der Waals surface area (Å²) >= 11 is 0. The van der Waals surface area contributed by atoms with Gasteiger partial charge in [-0.15, -0.1) is 0 Å². The first-order valence-corrected chi connectivity index (χ1v) is 8.38. The van der Waals surface area contributed by atoms with E-state index in [1.807, 2.05) is 18.5 Å². The van der Waals surface area contributed by atoms with Crippen LogP contribution in [0, 0.1) is 11.3 Å². The zero-order chi connectivity index (χ0) is 15.1. The molecule has 0 aromatic carbocycles. The number of nitrogens with zero attached hydrogens (tertiary/aromatic N) is 2. The highest BCUT2D eigenvalue weighted by Gasteiger charge is 2.34. The van der Waals surface area contributed by atoms with Crippen LogP contribution in [0.5, 0.6) is 0 Å². The standard InChI is InChI=1S/C18H31N3/c1-16(2)11-20-14-18(8-4-5-9-18)15-21(3)13-17-7-6-10-19-12-17/h6-7,10,12,16,20H,4-5,8-9,11,13-15H2,1-3H3. The Labute approximate surface area is 130 Å². The number of aromatic nitrogens is 1. The summed E-state index contributed by atoms with van der Waals surface area (Å²) in [5.41, 5.74) is 1.79. The van der Waals surface area contributed by atoms with Gasteiger partial charge in [0.1, 0.15) is 0 Å². The summed E-state index contributed by atoms with van der Waals surface area (Å²) in [4.78, 5) is 6.69. The Bertz CT molecular complexity index is 396. The van der Waals surface area contributed by atoms with E-state index in [2.05, 4.69) is 42.2 Å². The SMILES string of the molecule is CC(C)CNCC1(CN(C)Cc2cccnc2)CCCC1. The molecule has 0 bridgehead atoms. The van der Waals surface area contributed by atoms with Crippen molar-refractivity contribution in [1.29, 1.82) is 0 Å². The highest BCUT2D eigenvalue weighted by atomic mass is 15.1. The molecule has 3 nitrogen and oxygen atoms in total. The number of rotatable bonds is 8. The number of hydrogen-bond acceptors (Lipinski definition) is 3. The zero-order valence-electron chi connectivity index (χ0n) is 13.9. The molecule has 1 aliphatic rings. The second kappa shape index (κ2) is 7.90. The number of pyridine rings is 1. The lowest BCUT2D eigenvalue weighted by atomic mass is 9.85. The molecule has 21 heavy (non-hydrogen) atoms. The Morgan fingerprint density at radius 2 is 2.10 bits per heavy atom. The fourth-order valence-electron chi connectivity index (χ4n) is 3.57. The quantitative estimate of drug-likeness (QED) is 0.796. The van der Waals surface area contributed by atoms with Crippen molar-refractivity contribution in [2.75, 3.05) is 26.7 Å². The topological polar surface area (TPSA) is 28.2 Å². The smallest absolute Gasteiger partial charge is 0.0312 e. The van der Waals surface area contributed by atoms with Crippen LogP contribution in [-0.4, -0.2) is 36.6 Å². The van der Waals surface area contributed by atoms with Crippen molar-refractivity contribution in [3.05, 3.63) is 30.1 Å². The van der Waals surface area contributed by atoms with Gasteiger partial charge < -0.3 is 10.2 Å². The van der Waals surface area contributed by atoms with Gasteiger partial charge in [-0.3, -0.25) is 4.98 Å². The van der Waals surface area contributed by atoms with Gasteiger partial charge in [-0.05, 0) is 49.4 Å². The van der Waals surface area contributed by atoms with E-state index in [0.29, 0.717) is 5.41 Å². The van der Waals surface area contributed by atoms with Crippen LogP contribution in [0.1, 0.15) is 45.1 Å². The molecule has 0 aliphatic heterocycles. The lowest BCUT2D eigenvalue weighted by molar-refractivity contribution is 0.166. The van der Waals surface area contributed by atoms with Crippen LogP contribution in [0.3, 0.4) is 0 Å². The van der Waals surface area contributed by atoms with Gasteiger partial charge in [0.2, 0.25) is 0 Å². The van der Waals surface area contributed by atoms with Crippen LogP contribution in [0.4, 0.5) is 0 Å². The highest BCUT2D eigenvalue weighted by Crippen LogP contribution is 2.38. The van der Waals surface area contributed by atoms with Crippen LogP contribution < -0.4 is 5.32 Å². The van der Waals surface area contributed by atoms with E-state index >= 15 is 0 Å². The summed E-state index contributed by atoms with van der Waals surface area (Å²) < 4.78 is 0. The number of nitrogens with one attached hydrogen (secondary N) is 1. The van der Waals surface area contributed by atoms with Crippen LogP contribution >= 0.6 is 0 Å². The highest BCUT2D eigenvalue weighted by molar-refractivity contribution is 5.08. The van der Waals surface area contributed by atoms with E-state index in [1.165, 1.54) is 44.3 Å². The molecule has 0 radical (unpaired) electrons. The van der Waals surface area contributed by atoms with Crippen molar-refractivity contribution >= 4 is 0 Å². The first-order valence-electron chi connectivity index (χ1n) is 8.38. The van der Waals surface area contributed by atoms with Crippen molar-refractivity contribution < 1.29 is 0 Å². The van der Waals surface area contributed by atoms with Gasteiger partial charge in [-0.2, -0.15) is 0 Å². The second-order valence-corrected chi connectivity index (χ2v) is 7.27. The molecule has 0 spiro atoms. The Kier molecular flexibility index (Phi) is 6.19. The van der Waals surface area contributed by atoms with E-state index in [0.717, 1.165) is 19.0 Å². The van der Waals surface area contributed by atoms with Crippen molar-refractivity contribution in [2.24, 2.45) is 11.3 Å². The largest absolute Gasteiger partial charge is 0.316 e. The van der Waals surface area contributed by atoms with Crippen LogP contribution in [0.15, 0.2) is 24.5 Å². The summed E-state index contributed by atoms with van der Waals surface area (Å²) in [7, 11) is 2.25. The van der Waals surface area contributed by atoms with Gasteiger partial charge >= 0.3 is 0 Å². The van der Waals surface area contributed by atoms with Crippen LogP contribution in [0.2, 0.25) is 0 Å². The molecular formula is C18H31N3. The zero-order valence-corrected chi connectivity index (χ0v) is 13.9. The third kappa shape index (κ3) is 5.40. The molecule has 1 fully saturated rings. The molecule has 1 aromatic rings. The summed E-state index contributed by atoms with van der Waals surface area (Å²) in [6, 6.07) is 4.19. The van der Waals surface area contributed by atoms with E-state index in [-0.39, 0.29) is 0 Å². The molecule has 0 amide bonds. The molecule has 118 valence electrons. The molecule has 0 unspecified atom stereocenters. The Morgan fingerprint density at radius 1 is 1.33 bits per heavy atom. The van der Waals surface area contributed by atoms with Crippen LogP contribution in [-0.2, 0) is 6.54 Å². The summed E-state index contributed by atoms with van der Waals surface area (Å²) in [5.74, 6) is 0.733. The Morgan fingerprint density at radius 3 is 2.71 bits per heavy atom. The van der Waals surface area contributed by atoms with Gasteiger partial charge in [0.25, 0.3) is 0 Å². The molecule has 1 aromatic heterocycles. The van der Waals surface area contributed by atoms with E-state index in [9.17, 15) is 0 Å². The molecule has 3 heteroatoms. The monoisotopic (exact) mass is 289 g/mol. The Balaban J connectivity index is 1.86. The lowest BCUT2D eigenvalue weighted by Crippen LogP contribution is -2.42. The fourth-order valence-corrected chi connectivity index (χ4v) is 3.57. The minimum absolute atomic E-state index is 0.478. The average molecular weight is 289 g/mol. The van der Waals surface area contributed by atoms with Crippen molar-refractivity contribution in [1.82, 2.24) is 15.2 Å².